The van der Waals surface area contributed by atoms with Gasteiger partial charge in [-0.1, -0.05) is 18.5 Å². The van der Waals surface area contributed by atoms with Crippen LogP contribution in [0.2, 0.25) is 0 Å². The first-order chi connectivity index (χ1) is 8.04. The molecule has 0 aromatic heterocycles. The number of halogens is 7. The third-order valence-electron chi connectivity index (χ3n) is 2.14. The van der Waals surface area contributed by atoms with Crippen molar-refractivity contribution in [2.45, 2.75) is 31.5 Å². The molecule has 1 heterocycles. The van der Waals surface area contributed by atoms with Gasteiger partial charge in [0.2, 0.25) is 0 Å². The normalized spacial score (nSPS) is 27.0. The topological polar surface area (TPSA) is 21.6 Å². The monoisotopic (exact) mass is 295 g/mol. The first-order valence-corrected chi connectivity index (χ1v) is 5.10. The number of nitrogens with zero attached hydrogens (tertiary/aromatic N) is 1. The van der Waals surface area contributed by atoms with E-state index in [4.69, 9.17) is 11.6 Å². The Morgan fingerprint density at radius 1 is 1.33 bits per heavy atom. The summed E-state index contributed by atoms with van der Waals surface area (Å²) in [7, 11) is 0. The summed E-state index contributed by atoms with van der Waals surface area (Å²) in [5.74, 6) is -0.749. The van der Waals surface area contributed by atoms with Gasteiger partial charge in [0, 0.05) is 12.1 Å². The maximum atomic E-state index is 12.9. The summed E-state index contributed by atoms with van der Waals surface area (Å²) in [6.07, 6.45) is -14.5. The number of alkyl halides is 6. The SMILES string of the molecule is CC1C=C(Cl)N=CC1OC(F)(F)C(F)C(F)(F)F. The van der Waals surface area contributed by atoms with Gasteiger partial charge in [0.25, 0.3) is 6.17 Å². The van der Waals surface area contributed by atoms with E-state index < -0.39 is 30.5 Å². The fourth-order valence-electron chi connectivity index (χ4n) is 1.20. The Balaban J connectivity index is 2.76. The Kier molecular flexibility index (Phi) is 4.32. The number of rotatable bonds is 3. The molecule has 3 atom stereocenters. The van der Waals surface area contributed by atoms with Gasteiger partial charge in [0.15, 0.2) is 0 Å². The molecule has 0 saturated heterocycles. The Labute approximate surface area is 103 Å². The molecular formula is C9H8ClF6NO. The molecule has 0 spiro atoms. The molecule has 2 nitrogen and oxygen atoms in total. The predicted molar refractivity (Wildman–Crippen MR) is 52.4 cm³/mol. The van der Waals surface area contributed by atoms with Crippen LogP contribution in [0.5, 0.6) is 0 Å². The van der Waals surface area contributed by atoms with Crippen LogP contribution in [0.25, 0.3) is 0 Å². The van der Waals surface area contributed by atoms with Crippen molar-refractivity contribution in [3.63, 3.8) is 0 Å². The van der Waals surface area contributed by atoms with E-state index in [-0.39, 0.29) is 5.16 Å². The van der Waals surface area contributed by atoms with Gasteiger partial charge in [0.05, 0.1) is 0 Å². The van der Waals surface area contributed by atoms with Crippen molar-refractivity contribution in [1.82, 2.24) is 0 Å². The molecule has 9 heteroatoms. The molecule has 3 unspecified atom stereocenters. The summed E-state index contributed by atoms with van der Waals surface area (Å²) >= 11 is 5.45. The number of aliphatic imine (C=N–C) groups is 1. The molecule has 104 valence electrons. The Hall–Kier alpha value is -0.760. The molecule has 0 bridgehead atoms. The highest BCUT2D eigenvalue weighted by Crippen LogP contribution is 2.37. The fraction of sp³-hybridized carbons (Fsp3) is 0.667. The van der Waals surface area contributed by atoms with Gasteiger partial charge in [-0.05, 0) is 6.08 Å². The zero-order chi connectivity index (χ0) is 14.1. The van der Waals surface area contributed by atoms with Gasteiger partial charge in [-0.2, -0.15) is 22.0 Å². The maximum Gasteiger partial charge on any atom is 0.428 e. The third-order valence-corrected chi connectivity index (χ3v) is 2.36. The Morgan fingerprint density at radius 3 is 2.33 bits per heavy atom. The van der Waals surface area contributed by atoms with E-state index in [1.54, 1.807) is 0 Å². The molecule has 0 aromatic rings. The van der Waals surface area contributed by atoms with Gasteiger partial charge in [-0.15, -0.1) is 0 Å². The van der Waals surface area contributed by atoms with Crippen molar-refractivity contribution in [2.75, 3.05) is 0 Å². The van der Waals surface area contributed by atoms with E-state index in [0.717, 1.165) is 6.21 Å². The minimum atomic E-state index is -5.70. The molecule has 0 aliphatic carbocycles. The molecule has 18 heavy (non-hydrogen) atoms. The third kappa shape index (κ3) is 3.61. The van der Waals surface area contributed by atoms with Gasteiger partial charge in [-0.3, -0.25) is 0 Å². The van der Waals surface area contributed by atoms with Crippen molar-refractivity contribution < 1.29 is 31.1 Å². The van der Waals surface area contributed by atoms with Crippen LogP contribution in [-0.4, -0.2) is 30.8 Å². The van der Waals surface area contributed by atoms with Crippen molar-refractivity contribution >= 4 is 17.8 Å². The van der Waals surface area contributed by atoms with Crippen LogP contribution in [0.1, 0.15) is 6.92 Å². The van der Waals surface area contributed by atoms with E-state index in [0.29, 0.717) is 0 Å². The van der Waals surface area contributed by atoms with Crippen LogP contribution in [0.3, 0.4) is 0 Å². The van der Waals surface area contributed by atoms with Crippen molar-refractivity contribution in [3.05, 3.63) is 11.2 Å². The van der Waals surface area contributed by atoms with Gasteiger partial charge >= 0.3 is 12.3 Å². The molecular weight excluding hydrogens is 288 g/mol. The summed E-state index contributed by atoms with van der Waals surface area (Å²) in [6, 6.07) is 0. The van der Waals surface area contributed by atoms with Gasteiger partial charge < -0.3 is 4.74 Å². The number of hydrogen-bond acceptors (Lipinski definition) is 2. The summed E-state index contributed by atoms with van der Waals surface area (Å²) < 4.78 is 77.8. The van der Waals surface area contributed by atoms with E-state index in [1.165, 1.54) is 13.0 Å². The molecule has 1 rings (SSSR count). The van der Waals surface area contributed by atoms with Crippen LogP contribution < -0.4 is 0 Å². The minimum absolute atomic E-state index is 0.00159. The second-order valence-electron chi connectivity index (χ2n) is 3.68. The van der Waals surface area contributed by atoms with Crippen molar-refractivity contribution in [3.8, 4) is 0 Å². The summed E-state index contributed by atoms with van der Waals surface area (Å²) in [4.78, 5) is 3.41. The Bertz CT molecular complexity index is 367. The van der Waals surface area contributed by atoms with E-state index in [1.807, 2.05) is 0 Å². The van der Waals surface area contributed by atoms with Crippen molar-refractivity contribution in [2.24, 2.45) is 10.9 Å². The summed E-state index contributed by atoms with van der Waals surface area (Å²) in [6.45, 7) is 1.37. The Morgan fingerprint density at radius 2 is 1.89 bits per heavy atom. The highest BCUT2D eigenvalue weighted by Gasteiger charge is 2.59. The highest BCUT2D eigenvalue weighted by atomic mass is 35.5. The number of ether oxygens (including phenoxy) is 1. The van der Waals surface area contributed by atoms with E-state index in [9.17, 15) is 26.3 Å². The molecule has 0 radical (unpaired) electrons. The smallest absolute Gasteiger partial charge is 0.308 e. The van der Waals surface area contributed by atoms with Crippen LogP contribution in [0, 0.1) is 5.92 Å². The lowest BCUT2D eigenvalue weighted by atomic mass is 10.0. The van der Waals surface area contributed by atoms with Crippen LogP contribution in [0.15, 0.2) is 16.2 Å². The molecule has 0 amide bonds. The lowest BCUT2D eigenvalue weighted by Gasteiger charge is -2.28. The second-order valence-corrected chi connectivity index (χ2v) is 4.06. The lowest BCUT2D eigenvalue weighted by Crippen LogP contribution is -2.47. The first-order valence-electron chi connectivity index (χ1n) is 4.72. The minimum Gasteiger partial charge on any atom is -0.308 e. The van der Waals surface area contributed by atoms with Gasteiger partial charge in [-0.25, -0.2) is 9.38 Å². The summed E-state index contributed by atoms with van der Waals surface area (Å²) in [5.41, 5.74) is 0. The standard InChI is InChI=1S/C9H8ClF6NO/c1-4-2-6(10)17-3-5(4)18-9(15,16)7(11)8(12,13)14/h2-5,7H,1H3. The summed E-state index contributed by atoms with van der Waals surface area (Å²) in [5, 5.41) is -0.00159. The average Bonchev–Trinajstić information content (AvgIpc) is 2.20. The first kappa shape index (κ1) is 15.3. The van der Waals surface area contributed by atoms with Crippen LogP contribution >= 0.6 is 11.6 Å². The van der Waals surface area contributed by atoms with E-state index in [2.05, 4.69) is 9.73 Å². The molecule has 1 aliphatic rings. The largest absolute Gasteiger partial charge is 0.428 e. The fourth-order valence-corrected chi connectivity index (χ4v) is 1.46. The average molecular weight is 296 g/mol. The van der Waals surface area contributed by atoms with E-state index >= 15 is 0 Å². The van der Waals surface area contributed by atoms with Crippen LogP contribution in [0.4, 0.5) is 26.3 Å². The molecule has 0 N–H and O–H groups in total. The van der Waals surface area contributed by atoms with Crippen LogP contribution in [-0.2, 0) is 4.74 Å². The molecule has 1 aliphatic heterocycles. The molecule has 0 saturated carbocycles. The zero-order valence-electron chi connectivity index (χ0n) is 8.89. The van der Waals surface area contributed by atoms with Gasteiger partial charge in [0.1, 0.15) is 11.3 Å². The highest BCUT2D eigenvalue weighted by molar-refractivity contribution is 6.30. The molecule has 0 aromatic carbocycles. The lowest BCUT2D eigenvalue weighted by molar-refractivity contribution is -0.343. The maximum absolute atomic E-state index is 12.9. The van der Waals surface area contributed by atoms with Crippen molar-refractivity contribution in [1.29, 1.82) is 0 Å². The predicted octanol–water partition coefficient (Wildman–Crippen LogP) is 3.67. The quantitative estimate of drug-likeness (QED) is 0.575. The molecule has 0 fully saturated rings. The zero-order valence-corrected chi connectivity index (χ0v) is 9.64. The second kappa shape index (κ2) is 5.08. The number of hydrogen-bond donors (Lipinski definition) is 0.